The summed E-state index contributed by atoms with van der Waals surface area (Å²) in [6, 6.07) is 1.50. The van der Waals surface area contributed by atoms with E-state index in [0.29, 0.717) is 6.10 Å². The fourth-order valence-corrected chi connectivity index (χ4v) is 3.04. The van der Waals surface area contributed by atoms with Crippen LogP contribution >= 0.6 is 0 Å². The highest BCUT2D eigenvalue weighted by molar-refractivity contribution is 4.86. The van der Waals surface area contributed by atoms with E-state index in [-0.39, 0.29) is 0 Å². The average Bonchev–Trinajstić information content (AvgIpc) is 2.79. The second kappa shape index (κ2) is 5.99. The molecule has 0 amide bonds. The van der Waals surface area contributed by atoms with Crippen LogP contribution in [0.5, 0.6) is 0 Å². The van der Waals surface area contributed by atoms with Crippen LogP contribution in [0.15, 0.2) is 0 Å². The maximum absolute atomic E-state index is 5.80. The molecule has 2 fully saturated rings. The maximum Gasteiger partial charge on any atom is 0.0702 e. The molecule has 1 N–H and O–H groups in total. The van der Waals surface area contributed by atoms with Gasteiger partial charge in [-0.15, -0.1) is 0 Å². The van der Waals surface area contributed by atoms with Crippen molar-refractivity contribution in [1.29, 1.82) is 0 Å². The van der Waals surface area contributed by atoms with Crippen molar-refractivity contribution in [1.82, 2.24) is 10.2 Å². The lowest BCUT2D eigenvalue weighted by Gasteiger charge is -2.31. The molecule has 0 aromatic heterocycles. The summed E-state index contributed by atoms with van der Waals surface area (Å²) in [6.45, 7) is 2.10. The molecular formula is C13H26N2O. The van der Waals surface area contributed by atoms with Gasteiger partial charge in [-0.25, -0.2) is 0 Å². The van der Waals surface area contributed by atoms with Gasteiger partial charge in [0.15, 0.2) is 0 Å². The van der Waals surface area contributed by atoms with Gasteiger partial charge in [0.2, 0.25) is 0 Å². The van der Waals surface area contributed by atoms with E-state index in [1.165, 1.54) is 38.5 Å². The lowest BCUT2D eigenvalue weighted by molar-refractivity contribution is -0.00782. The molecule has 3 unspecified atom stereocenters. The smallest absolute Gasteiger partial charge is 0.0702 e. The normalized spacial score (nSPS) is 35.8. The van der Waals surface area contributed by atoms with E-state index in [0.717, 1.165) is 25.2 Å². The molecule has 1 aliphatic heterocycles. The SMILES string of the molecule is CNC1CCC(N(C)CC2CCCCO2)C1. The summed E-state index contributed by atoms with van der Waals surface area (Å²) < 4.78 is 5.80. The Balaban J connectivity index is 1.72. The molecule has 0 aromatic rings. The Morgan fingerprint density at radius 3 is 2.75 bits per heavy atom. The third-order valence-electron chi connectivity index (χ3n) is 4.20. The van der Waals surface area contributed by atoms with E-state index < -0.39 is 0 Å². The molecule has 2 aliphatic rings. The molecule has 0 radical (unpaired) electrons. The van der Waals surface area contributed by atoms with Gasteiger partial charge in [0.25, 0.3) is 0 Å². The Hall–Kier alpha value is -0.120. The van der Waals surface area contributed by atoms with Gasteiger partial charge < -0.3 is 15.0 Å². The lowest BCUT2D eigenvalue weighted by Crippen LogP contribution is -2.39. The molecule has 94 valence electrons. The standard InChI is InChI=1S/C13H26N2O/c1-14-11-6-7-12(9-11)15(2)10-13-5-3-4-8-16-13/h11-14H,3-10H2,1-2H3. The molecule has 2 rings (SSSR count). The first-order chi connectivity index (χ1) is 7.79. The van der Waals surface area contributed by atoms with Crippen LogP contribution in [-0.4, -0.2) is 50.3 Å². The van der Waals surface area contributed by atoms with Gasteiger partial charge in [-0.2, -0.15) is 0 Å². The van der Waals surface area contributed by atoms with Crippen molar-refractivity contribution in [2.75, 3.05) is 27.2 Å². The molecule has 3 heteroatoms. The first kappa shape index (κ1) is 12.3. The Bertz CT molecular complexity index is 204. The maximum atomic E-state index is 5.80. The van der Waals surface area contributed by atoms with Gasteiger partial charge in [0.05, 0.1) is 6.10 Å². The summed E-state index contributed by atoms with van der Waals surface area (Å²) >= 11 is 0. The van der Waals surface area contributed by atoms with Crippen molar-refractivity contribution < 1.29 is 4.74 Å². The Morgan fingerprint density at radius 2 is 2.12 bits per heavy atom. The molecule has 0 spiro atoms. The highest BCUT2D eigenvalue weighted by Crippen LogP contribution is 2.24. The third-order valence-corrected chi connectivity index (χ3v) is 4.20. The zero-order valence-corrected chi connectivity index (χ0v) is 10.7. The van der Waals surface area contributed by atoms with Crippen LogP contribution in [0.2, 0.25) is 0 Å². The minimum atomic E-state index is 0.493. The van der Waals surface area contributed by atoms with Crippen molar-refractivity contribution in [2.45, 2.75) is 56.7 Å². The predicted molar refractivity (Wildman–Crippen MR) is 66.7 cm³/mol. The minimum Gasteiger partial charge on any atom is -0.377 e. The quantitative estimate of drug-likeness (QED) is 0.788. The summed E-state index contributed by atoms with van der Waals surface area (Å²) in [4.78, 5) is 2.52. The van der Waals surface area contributed by atoms with E-state index >= 15 is 0 Å². The van der Waals surface area contributed by atoms with Crippen LogP contribution in [0.3, 0.4) is 0 Å². The minimum absolute atomic E-state index is 0.493. The summed E-state index contributed by atoms with van der Waals surface area (Å²) in [5.41, 5.74) is 0. The van der Waals surface area contributed by atoms with E-state index in [2.05, 4.69) is 24.3 Å². The van der Waals surface area contributed by atoms with Crippen LogP contribution in [0.1, 0.15) is 38.5 Å². The molecule has 1 heterocycles. The van der Waals surface area contributed by atoms with Crippen LogP contribution < -0.4 is 5.32 Å². The number of hydrogen-bond acceptors (Lipinski definition) is 3. The molecule has 1 saturated heterocycles. The second-order valence-electron chi connectivity index (χ2n) is 5.38. The summed E-state index contributed by atoms with van der Waals surface area (Å²) in [5.74, 6) is 0. The van der Waals surface area contributed by atoms with Crippen molar-refractivity contribution >= 4 is 0 Å². The molecule has 0 aromatic carbocycles. The number of likely N-dealkylation sites (N-methyl/N-ethyl adjacent to an activating group) is 1. The van der Waals surface area contributed by atoms with Crippen molar-refractivity contribution in [3.63, 3.8) is 0 Å². The average molecular weight is 226 g/mol. The van der Waals surface area contributed by atoms with Crippen LogP contribution in [0.4, 0.5) is 0 Å². The van der Waals surface area contributed by atoms with Gasteiger partial charge in [0.1, 0.15) is 0 Å². The predicted octanol–water partition coefficient (Wildman–Crippen LogP) is 1.63. The third kappa shape index (κ3) is 3.19. The topological polar surface area (TPSA) is 24.5 Å². The molecule has 16 heavy (non-hydrogen) atoms. The number of nitrogens with zero attached hydrogens (tertiary/aromatic N) is 1. The lowest BCUT2D eigenvalue weighted by atomic mass is 10.1. The molecule has 0 bridgehead atoms. The number of ether oxygens (including phenoxy) is 1. The first-order valence-corrected chi connectivity index (χ1v) is 6.78. The van der Waals surface area contributed by atoms with Gasteiger partial charge in [-0.3, -0.25) is 0 Å². The van der Waals surface area contributed by atoms with E-state index in [1.807, 2.05) is 0 Å². The second-order valence-corrected chi connectivity index (χ2v) is 5.38. The van der Waals surface area contributed by atoms with Crippen LogP contribution in [0.25, 0.3) is 0 Å². The molecule has 1 aliphatic carbocycles. The number of rotatable bonds is 4. The molecule has 3 atom stereocenters. The fraction of sp³-hybridized carbons (Fsp3) is 1.00. The highest BCUT2D eigenvalue weighted by atomic mass is 16.5. The summed E-state index contributed by atoms with van der Waals surface area (Å²) in [6.07, 6.45) is 8.33. The van der Waals surface area contributed by atoms with Crippen LogP contribution in [0, 0.1) is 0 Å². The van der Waals surface area contributed by atoms with Gasteiger partial charge in [-0.1, -0.05) is 0 Å². The largest absolute Gasteiger partial charge is 0.377 e. The van der Waals surface area contributed by atoms with E-state index in [4.69, 9.17) is 4.74 Å². The summed E-state index contributed by atoms with van der Waals surface area (Å²) in [5, 5.41) is 3.39. The fourth-order valence-electron chi connectivity index (χ4n) is 3.04. The highest BCUT2D eigenvalue weighted by Gasteiger charge is 2.28. The molecule has 3 nitrogen and oxygen atoms in total. The van der Waals surface area contributed by atoms with Gasteiger partial charge in [-0.05, 0) is 52.6 Å². The number of hydrogen-bond donors (Lipinski definition) is 1. The molecular weight excluding hydrogens is 200 g/mol. The molecule has 1 saturated carbocycles. The zero-order chi connectivity index (χ0) is 11.4. The van der Waals surface area contributed by atoms with E-state index in [1.54, 1.807) is 0 Å². The van der Waals surface area contributed by atoms with Crippen LogP contribution in [-0.2, 0) is 4.74 Å². The number of nitrogens with one attached hydrogen (secondary N) is 1. The van der Waals surface area contributed by atoms with Crippen molar-refractivity contribution in [3.8, 4) is 0 Å². The Labute approximate surface area is 99.5 Å². The summed E-state index contributed by atoms with van der Waals surface area (Å²) in [7, 11) is 4.35. The zero-order valence-electron chi connectivity index (χ0n) is 10.7. The monoisotopic (exact) mass is 226 g/mol. The van der Waals surface area contributed by atoms with Crippen molar-refractivity contribution in [3.05, 3.63) is 0 Å². The van der Waals surface area contributed by atoms with Gasteiger partial charge in [0, 0.05) is 25.2 Å². The van der Waals surface area contributed by atoms with Crippen molar-refractivity contribution in [2.24, 2.45) is 0 Å². The Morgan fingerprint density at radius 1 is 1.25 bits per heavy atom. The Kier molecular flexibility index (Phi) is 4.62. The van der Waals surface area contributed by atoms with E-state index in [9.17, 15) is 0 Å². The first-order valence-electron chi connectivity index (χ1n) is 6.78. The van der Waals surface area contributed by atoms with Gasteiger partial charge >= 0.3 is 0 Å².